The zero-order chi connectivity index (χ0) is 14.8. The number of rotatable bonds is 4. The van der Waals surface area contributed by atoms with Gasteiger partial charge in [-0.05, 0) is 31.2 Å². The molecule has 0 aliphatic heterocycles. The highest BCUT2D eigenvalue weighted by Crippen LogP contribution is 2.18. The van der Waals surface area contributed by atoms with Gasteiger partial charge in [-0.2, -0.15) is 0 Å². The van der Waals surface area contributed by atoms with E-state index in [0.717, 1.165) is 11.3 Å². The van der Waals surface area contributed by atoms with Gasteiger partial charge in [0.25, 0.3) is 0 Å². The highest BCUT2D eigenvalue weighted by Gasteiger charge is 2.14. The average molecular weight is 283 g/mol. The molecule has 1 N–H and O–H groups in total. The van der Waals surface area contributed by atoms with Crippen molar-refractivity contribution in [3.63, 3.8) is 0 Å². The molecular weight excluding hydrogens is 270 g/mol. The van der Waals surface area contributed by atoms with Crippen LogP contribution in [0.5, 0.6) is 5.75 Å². The Morgan fingerprint density at radius 3 is 2.90 bits per heavy atom. The van der Waals surface area contributed by atoms with Crippen LogP contribution in [-0.2, 0) is 6.61 Å². The van der Waals surface area contributed by atoms with E-state index in [-0.39, 0.29) is 18.1 Å². The number of carboxylic acids is 1. The second-order valence-corrected chi connectivity index (χ2v) is 4.59. The van der Waals surface area contributed by atoms with E-state index >= 15 is 0 Å². The third-order valence-electron chi connectivity index (χ3n) is 2.99. The molecule has 3 aromatic heterocycles. The van der Waals surface area contributed by atoms with Gasteiger partial charge in [-0.3, -0.25) is 0 Å². The van der Waals surface area contributed by atoms with Gasteiger partial charge in [0.05, 0.1) is 5.69 Å². The number of aromatic nitrogens is 3. The van der Waals surface area contributed by atoms with Crippen LogP contribution in [-0.4, -0.2) is 25.4 Å². The summed E-state index contributed by atoms with van der Waals surface area (Å²) in [6.45, 7) is 1.92. The maximum atomic E-state index is 11.2. The van der Waals surface area contributed by atoms with Gasteiger partial charge in [0.2, 0.25) is 0 Å². The maximum absolute atomic E-state index is 11.2. The van der Waals surface area contributed by atoms with E-state index in [4.69, 9.17) is 9.84 Å². The first kappa shape index (κ1) is 13.1. The zero-order valence-electron chi connectivity index (χ0n) is 11.4. The van der Waals surface area contributed by atoms with Crippen molar-refractivity contribution in [3.05, 3.63) is 59.8 Å². The van der Waals surface area contributed by atoms with Gasteiger partial charge in [-0.15, -0.1) is 0 Å². The van der Waals surface area contributed by atoms with Crippen LogP contribution in [0.25, 0.3) is 5.65 Å². The Bertz CT molecular complexity index is 778. The van der Waals surface area contributed by atoms with Crippen LogP contribution in [0.2, 0.25) is 0 Å². The number of aryl methyl sites for hydroxylation is 1. The Kier molecular flexibility index (Phi) is 3.27. The van der Waals surface area contributed by atoms with Crippen molar-refractivity contribution in [2.75, 3.05) is 0 Å². The van der Waals surface area contributed by atoms with E-state index in [1.54, 1.807) is 19.1 Å². The second kappa shape index (κ2) is 5.24. The summed E-state index contributed by atoms with van der Waals surface area (Å²) >= 11 is 0. The van der Waals surface area contributed by atoms with Crippen LogP contribution in [0.1, 0.15) is 21.9 Å². The van der Waals surface area contributed by atoms with Crippen LogP contribution in [0.4, 0.5) is 0 Å². The molecule has 0 bridgehead atoms. The van der Waals surface area contributed by atoms with Crippen molar-refractivity contribution in [1.29, 1.82) is 0 Å². The first-order chi connectivity index (χ1) is 10.1. The minimum atomic E-state index is -1.11. The average Bonchev–Trinajstić information content (AvgIpc) is 2.88. The molecule has 0 radical (unpaired) electrons. The van der Waals surface area contributed by atoms with Crippen molar-refractivity contribution >= 4 is 11.6 Å². The number of imidazole rings is 1. The van der Waals surface area contributed by atoms with Crippen molar-refractivity contribution in [3.8, 4) is 5.75 Å². The molecule has 6 heteroatoms. The minimum Gasteiger partial charge on any atom is -0.485 e. The molecule has 3 heterocycles. The Morgan fingerprint density at radius 1 is 1.29 bits per heavy atom. The van der Waals surface area contributed by atoms with Gasteiger partial charge in [0.15, 0.2) is 11.4 Å². The fourth-order valence-corrected chi connectivity index (χ4v) is 2.02. The van der Waals surface area contributed by atoms with E-state index < -0.39 is 5.97 Å². The lowest BCUT2D eigenvalue weighted by Gasteiger charge is -2.07. The quantitative estimate of drug-likeness (QED) is 0.795. The van der Waals surface area contributed by atoms with Crippen molar-refractivity contribution in [2.45, 2.75) is 13.5 Å². The third-order valence-corrected chi connectivity index (χ3v) is 2.99. The number of nitrogens with zero attached hydrogens (tertiary/aromatic N) is 3. The predicted molar refractivity (Wildman–Crippen MR) is 75.5 cm³/mol. The van der Waals surface area contributed by atoms with Crippen molar-refractivity contribution in [1.82, 2.24) is 14.4 Å². The largest absolute Gasteiger partial charge is 0.485 e. The molecule has 0 atom stereocenters. The SMILES string of the molecule is Cc1ccc(OCc2cn3ccccc3n2)c(C(=O)O)n1. The lowest BCUT2D eigenvalue weighted by atomic mass is 10.3. The van der Waals surface area contributed by atoms with Gasteiger partial charge >= 0.3 is 5.97 Å². The summed E-state index contributed by atoms with van der Waals surface area (Å²) in [5.41, 5.74) is 2.08. The Balaban J connectivity index is 1.83. The number of pyridine rings is 2. The molecule has 0 fully saturated rings. The standard InChI is InChI=1S/C15H13N3O3/c1-10-5-6-12(14(16-10)15(19)20)21-9-11-8-18-7-3-2-4-13(18)17-11/h2-8H,9H2,1H3,(H,19,20). The number of hydrogen-bond acceptors (Lipinski definition) is 4. The number of ether oxygens (including phenoxy) is 1. The summed E-state index contributed by atoms with van der Waals surface area (Å²) in [7, 11) is 0. The lowest BCUT2D eigenvalue weighted by molar-refractivity contribution is 0.0684. The first-order valence-electron chi connectivity index (χ1n) is 6.40. The van der Waals surface area contributed by atoms with Gasteiger partial charge in [-0.1, -0.05) is 6.07 Å². The van der Waals surface area contributed by atoms with E-state index in [0.29, 0.717) is 5.69 Å². The fraction of sp³-hybridized carbons (Fsp3) is 0.133. The first-order valence-corrected chi connectivity index (χ1v) is 6.40. The fourth-order valence-electron chi connectivity index (χ4n) is 2.02. The van der Waals surface area contributed by atoms with Gasteiger partial charge in [0.1, 0.15) is 12.3 Å². The summed E-state index contributed by atoms with van der Waals surface area (Å²) in [5, 5.41) is 9.14. The normalized spacial score (nSPS) is 10.7. The third kappa shape index (κ3) is 2.69. The van der Waals surface area contributed by atoms with E-state index in [1.165, 1.54) is 0 Å². The number of aromatic carboxylic acids is 1. The van der Waals surface area contributed by atoms with Crippen LogP contribution in [0, 0.1) is 6.92 Å². The number of fused-ring (bicyclic) bond motifs is 1. The number of carboxylic acid groups (broad SMARTS) is 1. The van der Waals surface area contributed by atoms with Gasteiger partial charge in [0, 0.05) is 18.1 Å². The Labute approximate surface area is 120 Å². The summed E-state index contributed by atoms with van der Waals surface area (Å²) in [6.07, 6.45) is 3.74. The molecule has 106 valence electrons. The molecule has 0 saturated carbocycles. The summed E-state index contributed by atoms with van der Waals surface area (Å²) < 4.78 is 7.43. The highest BCUT2D eigenvalue weighted by molar-refractivity contribution is 5.88. The van der Waals surface area contributed by atoms with Crippen molar-refractivity contribution < 1.29 is 14.6 Å². The molecule has 3 aromatic rings. The molecule has 0 aliphatic rings. The number of carbonyl (C=O) groups is 1. The minimum absolute atomic E-state index is 0.0845. The zero-order valence-corrected chi connectivity index (χ0v) is 11.4. The van der Waals surface area contributed by atoms with E-state index in [9.17, 15) is 4.79 Å². The molecule has 0 saturated heterocycles. The molecule has 3 rings (SSSR count). The Hall–Kier alpha value is -2.89. The van der Waals surface area contributed by atoms with Crippen LogP contribution in [0.15, 0.2) is 42.7 Å². The summed E-state index contributed by atoms with van der Waals surface area (Å²) in [6, 6.07) is 9.03. The smallest absolute Gasteiger partial charge is 0.358 e. The lowest BCUT2D eigenvalue weighted by Crippen LogP contribution is -2.07. The molecule has 0 amide bonds. The van der Waals surface area contributed by atoms with Crippen molar-refractivity contribution in [2.24, 2.45) is 0 Å². The van der Waals surface area contributed by atoms with Gasteiger partial charge < -0.3 is 14.2 Å². The van der Waals surface area contributed by atoms with Crippen LogP contribution >= 0.6 is 0 Å². The molecule has 0 aliphatic carbocycles. The van der Waals surface area contributed by atoms with Crippen LogP contribution < -0.4 is 4.74 Å². The summed E-state index contributed by atoms with van der Waals surface area (Å²) in [4.78, 5) is 19.5. The number of hydrogen-bond donors (Lipinski definition) is 1. The van der Waals surface area contributed by atoms with E-state index in [1.807, 2.05) is 35.0 Å². The second-order valence-electron chi connectivity index (χ2n) is 4.59. The van der Waals surface area contributed by atoms with Gasteiger partial charge in [-0.25, -0.2) is 14.8 Å². The predicted octanol–water partition coefficient (Wildman–Crippen LogP) is 2.31. The Morgan fingerprint density at radius 2 is 2.14 bits per heavy atom. The maximum Gasteiger partial charge on any atom is 0.358 e. The van der Waals surface area contributed by atoms with E-state index in [2.05, 4.69) is 9.97 Å². The molecule has 21 heavy (non-hydrogen) atoms. The summed E-state index contributed by atoms with van der Waals surface area (Å²) in [5.74, 6) is -0.867. The molecule has 0 aromatic carbocycles. The topological polar surface area (TPSA) is 76.7 Å². The monoisotopic (exact) mass is 283 g/mol. The highest BCUT2D eigenvalue weighted by atomic mass is 16.5. The molecule has 6 nitrogen and oxygen atoms in total. The molecule has 0 spiro atoms. The van der Waals surface area contributed by atoms with Crippen LogP contribution in [0.3, 0.4) is 0 Å². The molecular formula is C15H13N3O3. The molecule has 0 unspecified atom stereocenters.